The second-order valence-corrected chi connectivity index (χ2v) is 6.90. The molecule has 0 bridgehead atoms. The van der Waals surface area contributed by atoms with Crippen molar-refractivity contribution in [3.63, 3.8) is 0 Å². The maximum absolute atomic E-state index is 5.42. The zero-order valence-corrected chi connectivity index (χ0v) is 13.1. The number of rotatable bonds is 2. The van der Waals surface area contributed by atoms with E-state index in [0.717, 1.165) is 31.8 Å². The van der Waals surface area contributed by atoms with E-state index in [1.54, 1.807) is 0 Å². The molecule has 0 saturated carbocycles. The average Bonchev–Trinajstić information content (AvgIpc) is 3.16. The molecule has 0 amide bonds. The van der Waals surface area contributed by atoms with Crippen molar-refractivity contribution in [3.05, 3.63) is 48.0 Å². The number of aryl methyl sites for hydroxylation is 1. The van der Waals surface area contributed by atoms with Crippen LogP contribution in [0.1, 0.15) is 5.56 Å². The number of hydrogen-bond donors (Lipinski definition) is 0. The summed E-state index contributed by atoms with van der Waals surface area (Å²) in [5.74, 6) is 1.58. The topological polar surface area (TPSA) is 44.2 Å². The van der Waals surface area contributed by atoms with Crippen molar-refractivity contribution in [1.29, 1.82) is 0 Å². The minimum absolute atomic E-state index is 0.114. The van der Waals surface area contributed by atoms with Crippen LogP contribution in [-0.4, -0.2) is 31.5 Å². The molecule has 0 atom stereocenters. The maximum atomic E-state index is 5.42. The summed E-state index contributed by atoms with van der Waals surface area (Å²) in [5, 5.41) is 8.69. The molecule has 1 aliphatic rings. The number of hydrogen-bond acceptors (Lipinski definition) is 4. The molecule has 0 spiro atoms. The average molecular weight is 343 g/mol. The summed E-state index contributed by atoms with van der Waals surface area (Å²) in [6, 6.07) is 14.3. The van der Waals surface area contributed by atoms with Gasteiger partial charge in [-0.2, -0.15) is 0 Å². The summed E-state index contributed by atoms with van der Waals surface area (Å²) >= 11 is 0.114. The van der Waals surface area contributed by atoms with Crippen molar-refractivity contribution in [2.75, 3.05) is 6.79 Å². The van der Waals surface area contributed by atoms with Gasteiger partial charge in [0.05, 0.1) is 0 Å². The Morgan fingerprint density at radius 1 is 0.857 bits per heavy atom. The van der Waals surface area contributed by atoms with Crippen LogP contribution in [0.15, 0.2) is 42.5 Å². The first-order valence-corrected chi connectivity index (χ1v) is 8.31. The fourth-order valence-corrected chi connectivity index (χ4v) is 3.96. The van der Waals surface area contributed by atoms with E-state index in [9.17, 15) is 0 Å². The molecule has 21 heavy (non-hydrogen) atoms. The van der Waals surface area contributed by atoms with Gasteiger partial charge in [0.2, 0.25) is 0 Å². The molecule has 0 aliphatic carbocycles. The summed E-state index contributed by atoms with van der Waals surface area (Å²) in [6.45, 7) is 2.38. The molecule has 4 rings (SSSR count). The van der Waals surface area contributed by atoms with E-state index in [4.69, 9.17) is 9.47 Å². The van der Waals surface area contributed by atoms with Gasteiger partial charge in [0, 0.05) is 0 Å². The van der Waals surface area contributed by atoms with Gasteiger partial charge in [0.1, 0.15) is 0 Å². The predicted octanol–water partition coefficient (Wildman–Crippen LogP) is 2.90. The number of fused-ring (bicyclic) bond motifs is 1. The molecule has 3 aromatic rings. The molecular formula is C16H12N2O2Se. The molecule has 104 valence electrons. The predicted molar refractivity (Wildman–Crippen MR) is 80.7 cm³/mol. The van der Waals surface area contributed by atoms with Crippen molar-refractivity contribution in [3.8, 4) is 31.8 Å². The third-order valence-corrected chi connectivity index (χ3v) is 5.49. The van der Waals surface area contributed by atoms with Gasteiger partial charge >= 0.3 is 128 Å². The fourth-order valence-electron chi connectivity index (χ4n) is 2.18. The van der Waals surface area contributed by atoms with Crippen LogP contribution in [0.5, 0.6) is 11.5 Å². The molecule has 2 heterocycles. The first-order chi connectivity index (χ1) is 10.3. The van der Waals surface area contributed by atoms with E-state index < -0.39 is 0 Å². The van der Waals surface area contributed by atoms with E-state index in [1.807, 2.05) is 18.2 Å². The van der Waals surface area contributed by atoms with Crippen molar-refractivity contribution in [2.45, 2.75) is 6.92 Å². The van der Waals surface area contributed by atoms with E-state index in [2.05, 4.69) is 41.4 Å². The Balaban J connectivity index is 1.69. The molecule has 1 aliphatic heterocycles. The summed E-state index contributed by atoms with van der Waals surface area (Å²) in [7, 11) is 0. The van der Waals surface area contributed by atoms with Crippen LogP contribution in [0.25, 0.3) is 20.3 Å². The molecule has 0 saturated heterocycles. The van der Waals surface area contributed by atoms with Gasteiger partial charge in [-0.05, 0) is 0 Å². The van der Waals surface area contributed by atoms with Crippen LogP contribution in [0.3, 0.4) is 0 Å². The molecule has 0 unspecified atom stereocenters. The fraction of sp³-hybridized carbons (Fsp3) is 0.125. The number of aromatic nitrogens is 2. The molecule has 0 radical (unpaired) electrons. The zero-order valence-electron chi connectivity index (χ0n) is 11.4. The summed E-state index contributed by atoms with van der Waals surface area (Å²) < 4.78 is 12.8. The van der Waals surface area contributed by atoms with Gasteiger partial charge in [-0.1, -0.05) is 0 Å². The van der Waals surface area contributed by atoms with Crippen LogP contribution in [-0.2, 0) is 0 Å². The van der Waals surface area contributed by atoms with Crippen LogP contribution in [0, 0.1) is 6.92 Å². The summed E-state index contributed by atoms with van der Waals surface area (Å²) in [5.41, 5.74) is 3.46. The molecule has 0 fully saturated rings. The van der Waals surface area contributed by atoms with E-state index in [1.165, 1.54) is 5.56 Å². The quantitative estimate of drug-likeness (QED) is 0.671. The molecule has 0 N–H and O–H groups in total. The van der Waals surface area contributed by atoms with Gasteiger partial charge in [-0.25, -0.2) is 0 Å². The van der Waals surface area contributed by atoms with Crippen LogP contribution >= 0.6 is 0 Å². The van der Waals surface area contributed by atoms with Gasteiger partial charge < -0.3 is 0 Å². The Morgan fingerprint density at radius 3 is 2.33 bits per heavy atom. The Bertz CT molecular complexity index is 796. The number of ether oxygens (including phenoxy) is 2. The van der Waals surface area contributed by atoms with Gasteiger partial charge in [-0.3, -0.25) is 0 Å². The number of benzene rings is 2. The first kappa shape index (κ1) is 12.6. The second kappa shape index (κ2) is 5.02. The van der Waals surface area contributed by atoms with Gasteiger partial charge in [-0.15, -0.1) is 0 Å². The molecule has 5 heteroatoms. The molecular weight excluding hydrogens is 331 g/mol. The molecule has 2 aromatic carbocycles. The van der Waals surface area contributed by atoms with E-state index in [-0.39, 0.29) is 14.5 Å². The Kier molecular flexibility index (Phi) is 3.02. The van der Waals surface area contributed by atoms with Crippen molar-refractivity contribution < 1.29 is 9.47 Å². The Morgan fingerprint density at radius 2 is 1.52 bits per heavy atom. The Labute approximate surface area is 128 Å². The number of nitrogens with zero attached hydrogens (tertiary/aromatic N) is 2. The monoisotopic (exact) mass is 344 g/mol. The summed E-state index contributed by atoms with van der Waals surface area (Å²) in [6.07, 6.45) is 0. The van der Waals surface area contributed by atoms with Gasteiger partial charge in [0.15, 0.2) is 0 Å². The van der Waals surface area contributed by atoms with Crippen molar-refractivity contribution in [2.24, 2.45) is 0 Å². The molecule has 4 nitrogen and oxygen atoms in total. The van der Waals surface area contributed by atoms with E-state index >= 15 is 0 Å². The first-order valence-electron chi connectivity index (χ1n) is 6.60. The van der Waals surface area contributed by atoms with Crippen LogP contribution in [0.2, 0.25) is 0 Å². The normalized spacial score (nSPS) is 12.6. The minimum atomic E-state index is 0.114. The van der Waals surface area contributed by atoms with Crippen LogP contribution in [0.4, 0.5) is 0 Å². The molecule has 1 aromatic heterocycles. The van der Waals surface area contributed by atoms with E-state index in [0.29, 0.717) is 6.79 Å². The van der Waals surface area contributed by atoms with Gasteiger partial charge in [0.25, 0.3) is 0 Å². The Hall–Kier alpha value is -2.10. The summed E-state index contributed by atoms with van der Waals surface area (Å²) in [4.78, 5) is 0. The third kappa shape index (κ3) is 2.35. The standard InChI is InChI=1S/C16H12N2O2Se/c1-10-2-4-11(5-3-10)15-17-18-16(21-15)12-6-7-13-14(8-12)20-9-19-13/h2-8H,9H2,1H3. The van der Waals surface area contributed by atoms with Crippen LogP contribution < -0.4 is 9.47 Å². The third-order valence-electron chi connectivity index (χ3n) is 3.34. The second-order valence-electron chi connectivity index (χ2n) is 4.85. The van der Waals surface area contributed by atoms with Crippen molar-refractivity contribution >= 4 is 14.5 Å². The zero-order chi connectivity index (χ0) is 14.2. The van der Waals surface area contributed by atoms with Crippen molar-refractivity contribution in [1.82, 2.24) is 10.2 Å². The SMILES string of the molecule is Cc1ccc(-c2nnc(-c3ccc4c(c3)OCO4)[se]2)cc1.